The molecule has 1 N–H and O–H groups in total. The Morgan fingerprint density at radius 2 is 2.04 bits per heavy atom. The van der Waals surface area contributed by atoms with Crippen LogP contribution in [0.25, 0.3) is 11.3 Å². The van der Waals surface area contributed by atoms with Crippen molar-refractivity contribution in [1.29, 1.82) is 5.26 Å². The molecule has 2 unspecified atom stereocenters. The summed E-state index contributed by atoms with van der Waals surface area (Å²) < 4.78 is 5.52. The number of amides is 1. The van der Waals surface area contributed by atoms with E-state index < -0.39 is 5.60 Å². The van der Waals surface area contributed by atoms with Crippen LogP contribution in [0.15, 0.2) is 42.6 Å². The van der Waals surface area contributed by atoms with Gasteiger partial charge in [-0.3, -0.25) is 4.98 Å². The van der Waals surface area contributed by atoms with Gasteiger partial charge >= 0.3 is 6.09 Å². The first-order valence-electron chi connectivity index (χ1n) is 9.43. The van der Waals surface area contributed by atoms with Gasteiger partial charge in [-0.15, -0.1) is 0 Å². The van der Waals surface area contributed by atoms with Crippen LogP contribution in [-0.4, -0.2) is 39.3 Å². The molecule has 1 fully saturated rings. The second kappa shape index (κ2) is 7.99. The van der Waals surface area contributed by atoms with E-state index in [1.165, 1.54) is 0 Å². The number of rotatable bonds is 5. The highest BCUT2D eigenvalue weighted by Gasteiger charge is 2.33. The second-order valence-corrected chi connectivity index (χ2v) is 7.85. The summed E-state index contributed by atoms with van der Waals surface area (Å²) in [4.78, 5) is 18.5. The van der Waals surface area contributed by atoms with E-state index >= 15 is 0 Å². The number of carbonyl (C=O) groups excluding carboxylic acids is 1. The van der Waals surface area contributed by atoms with Gasteiger partial charge in [0.1, 0.15) is 12.2 Å². The molecule has 2 atom stereocenters. The predicted octanol–water partition coefficient (Wildman–Crippen LogP) is 4.05. The van der Waals surface area contributed by atoms with E-state index in [1.807, 2.05) is 37.3 Å². The number of carbonyl (C=O) groups is 1. The van der Waals surface area contributed by atoms with Crippen LogP contribution >= 0.6 is 0 Å². The van der Waals surface area contributed by atoms with Crippen molar-refractivity contribution in [3.05, 3.63) is 53.7 Å². The van der Waals surface area contributed by atoms with Gasteiger partial charge in [0.05, 0.1) is 22.9 Å². The number of hydrogen-bond donors (Lipinski definition) is 1. The number of ether oxygens (including phenoxy) is 1. The Kier molecular flexibility index (Phi) is 5.66. The molecule has 3 rings (SSSR count). The molecule has 28 heavy (non-hydrogen) atoms. The van der Waals surface area contributed by atoms with Crippen LogP contribution in [0.4, 0.5) is 4.79 Å². The second-order valence-electron chi connectivity index (χ2n) is 7.85. The summed E-state index contributed by atoms with van der Waals surface area (Å²) >= 11 is 0. The van der Waals surface area contributed by atoms with Crippen LogP contribution in [0, 0.1) is 11.3 Å². The molecule has 0 aliphatic carbocycles. The molecule has 1 amide bonds. The van der Waals surface area contributed by atoms with Crippen LogP contribution in [-0.2, 0) is 4.74 Å². The molecular weight excluding hydrogens is 354 g/mol. The van der Waals surface area contributed by atoms with E-state index in [9.17, 15) is 9.90 Å². The zero-order valence-electron chi connectivity index (χ0n) is 16.4. The van der Waals surface area contributed by atoms with Crippen molar-refractivity contribution in [2.24, 2.45) is 0 Å². The lowest BCUT2D eigenvalue weighted by Gasteiger charge is -2.37. The zero-order valence-corrected chi connectivity index (χ0v) is 16.4. The van der Waals surface area contributed by atoms with E-state index in [0.717, 1.165) is 16.8 Å². The predicted molar refractivity (Wildman–Crippen MR) is 105 cm³/mol. The summed E-state index contributed by atoms with van der Waals surface area (Å²) in [7, 11) is 0. The van der Waals surface area contributed by atoms with Gasteiger partial charge in [-0.2, -0.15) is 5.26 Å². The number of cyclic esters (lactones) is 1. The summed E-state index contributed by atoms with van der Waals surface area (Å²) in [5.74, 6) is 0. The molecule has 6 nitrogen and oxygen atoms in total. The maximum atomic E-state index is 12.4. The van der Waals surface area contributed by atoms with Gasteiger partial charge in [0.2, 0.25) is 0 Å². The fourth-order valence-corrected chi connectivity index (χ4v) is 3.44. The Labute approximate surface area is 165 Å². The molecule has 1 aliphatic heterocycles. The Hall–Kier alpha value is -2.91. The Balaban J connectivity index is 1.67. The zero-order chi connectivity index (χ0) is 20.3. The van der Waals surface area contributed by atoms with Gasteiger partial charge in [-0.05, 0) is 38.5 Å². The molecule has 0 radical (unpaired) electrons. The summed E-state index contributed by atoms with van der Waals surface area (Å²) in [5, 5.41) is 18.8. The molecule has 1 aromatic carbocycles. The highest BCUT2D eigenvalue weighted by atomic mass is 16.6. The van der Waals surface area contributed by atoms with E-state index in [1.54, 1.807) is 31.0 Å². The molecule has 2 heterocycles. The third kappa shape index (κ3) is 4.68. The minimum absolute atomic E-state index is 0.112. The number of nitrogens with zero attached hydrogens (tertiary/aromatic N) is 3. The third-order valence-corrected chi connectivity index (χ3v) is 4.97. The minimum atomic E-state index is -0.853. The van der Waals surface area contributed by atoms with Crippen molar-refractivity contribution in [3.63, 3.8) is 0 Å². The SMILES string of the molecule is CC(c1ccc(-c2ccc(C#N)cn2)cc1)N1CCC(CC(C)(C)O)OC1=O. The summed E-state index contributed by atoms with van der Waals surface area (Å²) in [6, 6.07) is 13.4. The summed E-state index contributed by atoms with van der Waals surface area (Å²) in [6.07, 6.45) is 2.10. The minimum Gasteiger partial charge on any atom is -0.446 e. The van der Waals surface area contributed by atoms with E-state index in [-0.39, 0.29) is 18.2 Å². The average molecular weight is 379 g/mol. The number of hydrogen-bond acceptors (Lipinski definition) is 5. The Morgan fingerprint density at radius 3 is 2.57 bits per heavy atom. The molecule has 2 aromatic rings. The number of pyridine rings is 1. The molecule has 0 bridgehead atoms. The molecule has 1 aromatic heterocycles. The molecule has 1 aliphatic rings. The van der Waals surface area contributed by atoms with Gasteiger partial charge in [-0.1, -0.05) is 24.3 Å². The van der Waals surface area contributed by atoms with Gasteiger partial charge in [0.15, 0.2) is 0 Å². The fraction of sp³-hybridized carbons (Fsp3) is 0.409. The van der Waals surface area contributed by atoms with E-state index in [4.69, 9.17) is 10.00 Å². The van der Waals surface area contributed by atoms with Crippen molar-refractivity contribution < 1.29 is 14.6 Å². The third-order valence-electron chi connectivity index (χ3n) is 4.97. The van der Waals surface area contributed by atoms with E-state index in [0.29, 0.717) is 24.9 Å². The maximum absolute atomic E-state index is 12.4. The molecule has 0 spiro atoms. The van der Waals surface area contributed by atoms with E-state index in [2.05, 4.69) is 11.1 Å². The standard InChI is InChI=1S/C22H25N3O3/c1-15(25-11-10-19(28-21(25)26)12-22(2,3)27)17-5-7-18(8-6-17)20-9-4-16(13-23)14-24-20/h4-9,14-15,19,27H,10-12H2,1-3H3. The Morgan fingerprint density at radius 1 is 1.32 bits per heavy atom. The van der Waals surface area contributed by atoms with Gasteiger partial charge in [-0.25, -0.2) is 4.79 Å². The van der Waals surface area contributed by atoms with Crippen molar-refractivity contribution in [3.8, 4) is 17.3 Å². The van der Waals surface area contributed by atoms with Crippen molar-refractivity contribution >= 4 is 6.09 Å². The monoisotopic (exact) mass is 379 g/mol. The van der Waals surface area contributed by atoms with Gasteiger partial charge in [0, 0.05) is 31.1 Å². The van der Waals surface area contributed by atoms with Crippen LogP contribution < -0.4 is 0 Å². The number of aromatic nitrogens is 1. The van der Waals surface area contributed by atoms with Crippen LogP contribution in [0.2, 0.25) is 0 Å². The first-order valence-corrected chi connectivity index (χ1v) is 9.43. The number of aliphatic hydroxyl groups is 1. The Bertz CT molecular complexity index is 864. The van der Waals surface area contributed by atoms with Crippen LogP contribution in [0.1, 0.15) is 50.8 Å². The highest BCUT2D eigenvalue weighted by Crippen LogP contribution is 2.29. The lowest BCUT2D eigenvalue weighted by atomic mass is 9.97. The first kappa shape index (κ1) is 19.8. The highest BCUT2D eigenvalue weighted by molar-refractivity contribution is 5.69. The normalized spacial score (nSPS) is 18.3. The van der Waals surface area contributed by atoms with Crippen molar-refractivity contribution in [2.75, 3.05) is 6.54 Å². The molecule has 6 heteroatoms. The smallest absolute Gasteiger partial charge is 0.410 e. The van der Waals surface area contributed by atoms with Gasteiger partial charge in [0.25, 0.3) is 0 Å². The summed E-state index contributed by atoms with van der Waals surface area (Å²) in [5.41, 5.74) is 2.43. The first-order chi connectivity index (χ1) is 13.3. The average Bonchev–Trinajstić information content (AvgIpc) is 2.66. The lowest BCUT2D eigenvalue weighted by Crippen LogP contribution is -2.45. The van der Waals surface area contributed by atoms with Crippen molar-refractivity contribution in [1.82, 2.24) is 9.88 Å². The number of benzene rings is 1. The van der Waals surface area contributed by atoms with Crippen molar-refractivity contribution in [2.45, 2.75) is 51.4 Å². The van der Waals surface area contributed by atoms with Crippen LogP contribution in [0.5, 0.6) is 0 Å². The number of nitriles is 1. The largest absolute Gasteiger partial charge is 0.446 e. The fourth-order valence-electron chi connectivity index (χ4n) is 3.44. The maximum Gasteiger partial charge on any atom is 0.410 e. The molecule has 146 valence electrons. The molecule has 1 saturated heterocycles. The summed E-state index contributed by atoms with van der Waals surface area (Å²) in [6.45, 7) is 6.02. The molecule has 0 saturated carbocycles. The van der Waals surface area contributed by atoms with Crippen LogP contribution in [0.3, 0.4) is 0 Å². The van der Waals surface area contributed by atoms with Gasteiger partial charge < -0.3 is 14.7 Å². The topological polar surface area (TPSA) is 86.5 Å². The lowest BCUT2D eigenvalue weighted by molar-refractivity contribution is -0.0309. The molecular formula is C22H25N3O3. The quantitative estimate of drug-likeness (QED) is 0.847.